The van der Waals surface area contributed by atoms with E-state index in [2.05, 4.69) is 0 Å². The zero-order chi connectivity index (χ0) is 11.7. The van der Waals surface area contributed by atoms with Crippen LogP contribution < -0.4 is 5.73 Å². The molecule has 0 aliphatic carbocycles. The minimum Gasteiger partial charge on any atom is -0.508 e. The maximum Gasteiger partial charge on any atom is 0.422 e. The number of nitrogens with two attached hydrogens (primary N) is 1. The third-order valence-corrected chi connectivity index (χ3v) is 2.09. The van der Waals surface area contributed by atoms with Crippen LogP contribution in [0.5, 0.6) is 5.75 Å². The number of benzene rings is 1. The highest BCUT2D eigenvalue weighted by Gasteiger charge is 2.54. The molecule has 15 heavy (non-hydrogen) atoms. The van der Waals surface area contributed by atoms with E-state index < -0.39 is 23.9 Å². The normalized spacial score (nSPS) is 16.1. The minimum atomic E-state index is -4.88. The summed E-state index contributed by atoms with van der Waals surface area (Å²) in [6, 6.07) is 4.30. The number of hydrogen-bond donors (Lipinski definition) is 3. The van der Waals surface area contributed by atoms with Crippen molar-refractivity contribution in [3.63, 3.8) is 0 Å². The first-order chi connectivity index (χ1) is 6.81. The standard InChI is InChI=1S/C9H10F3NO2/c10-9(11,12)8(15,5-13)6-2-1-3-7(14)4-6/h1-4,14-15H,5,13H2. The van der Waals surface area contributed by atoms with E-state index >= 15 is 0 Å². The first-order valence-corrected chi connectivity index (χ1v) is 4.10. The summed E-state index contributed by atoms with van der Waals surface area (Å²) >= 11 is 0. The molecular formula is C9H10F3NO2. The number of aliphatic hydroxyl groups is 1. The molecule has 1 unspecified atom stereocenters. The Kier molecular flexibility index (Phi) is 2.92. The number of hydrogen-bond acceptors (Lipinski definition) is 3. The van der Waals surface area contributed by atoms with Crippen LogP contribution in [-0.2, 0) is 5.60 Å². The molecule has 1 rings (SSSR count). The van der Waals surface area contributed by atoms with Crippen LogP contribution >= 0.6 is 0 Å². The van der Waals surface area contributed by atoms with Crippen LogP contribution in [0.2, 0.25) is 0 Å². The number of phenolic OH excluding ortho intramolecular Hbond substituents is 1. The van der Waals surface area contributed by atoms with Crippen molar-refractivity contribution in [3.05, 3.63) is 29.8 Å². The summed E-state index contributed by atoms with van der Waals surface area (Å²) in [5.41, 5.74) is 1.33. The molecule has 84 valence electrons. The highest BCUT2D eigenvalue weighted by molar-refractivity contribution is 5.32. The van der Waals surface area contributed by atoms with Crippen molar-refractivity contribution in [3.8, 4) is 5.75 Å². The molecule has 4 N–H and O–H groups in total. The van der Waals surface area contributed by atoms with E-state index in [-0.39, 0.29) is 5.75 Å². The summed E-state index contributed by atoms with van der Waals surface area (Å²) in [5, 5.41) is 18.4. The highest BCUT2D eigenvalue weighted by atomic mass is 19.4. The van der Waals surface area contributed by atoms with Crippen LogP contribution in [0, 0.1) is 0 Å². The van der Waals surface area contributed by atoms with Gasteiger partial charge in [-0.15, -0.1) is 0 Å². The van der Waals surface area contributed by atoms with E-state index in [1.165, 1.54) is 12.1 Å². The fraction of sp³-hybridized carbons (Fsp3) is 0.333. The molecule has 1 atom stereocenters. The molecule has 0 aliphatic rings. The predicted octanol–water partition coefficient (Wildman–Crippen LogP) is 1.10. The summed E-state index contributed by atoms with van der Waals surface area (Å²) in [7, 11) is 0. The van der Waals surface area contributed by atoms with Gasteiger partial charge >= 0.3 is 6.18 Å². The number of alkyl halides is 3. The quantitative estimate of drug-likeness (QED) is 0.700. The van der Waals surface area contributed by atoms with Crippen LogP contribution in [-0.4, -0.2) is 22.9 Å². The van der Waals surface area contributed by atoms with Gasteiger partial charge < -0.3 is 15.9 Å². The number of phenols is 1. The lowest BCUT2D eigenvalue weighted by molar-refractivity contribution is -0.262. The van der Waals surface area contributed by atoms with Crippen molar-refractivity contribution in [2.45, 2.75) is 11.8 Å². The van der Waals surface area contributed by atoms with Gasteiger partial charge in [-0.1, -0.05) is 12.1 Å². The Morgan fingerprint density at radius 1 is 1.27 bits per heavy atom. The largest absolute Gasteiger partial charge is 0.508 e. The molecule has 3 nitrogen and oxygen atoms in total. The van der Waals surface area contributed by atoms with E-state index in [9.17, 15) is 18.3 Å². The smallest absolute Gasteiger partial charge is 0.422 e. The summed E-state index contributed by atoms with van der Waals surface area (Å²) in [6.45, 7) is -1.00. The fourth-order valence-corrected chi connectivity index (χ4v) is 1.16. The average Bonchev–Trinajstić information content (AvgIpc) is 2.14. The van der Waals surface area contributed by atoms with Gasteiger partial charge in [0.05, 0.1) is 0 Å². The topological polar surface area (TPSA) is 66.5 Å². The molecule has 0 saturated carbocycles. The Morgan fingerprint density at radius 3 is 2.27 bits per heavy atom. The second kappa shape index (κ2) is 3.71. The number of rotatable bonds is 2. The van der Waals surface area contributed by atoms with Gasteiger partial charge in [-0.05, 0) is 17.7 Å². The van der Waals surface area contributed by atoms with Gasteiger partial charge in [0, 0.05) is 6.54 Å². The molecule has 0 heterocycles. The maximum atomic E-state index is 12.5. The van der Waals surface area contributed by atoms with Gasteiger partial charge in [0.1, 0.15) is 5.75 Å². The van der Waals surface area contributed by atoms with Gasteiger partial charge in [-0.25, -0.2) is 0 Å². The monoisotopic (exact) mass is 221 g/mol. The second-order valence-electron chi connectivity index (χ2n) is 3.11. The fourth-order valence-electron chi connectivity index (χ4n) is 1.16. The van der Waals surface area contributed by atoms with E-state index in [1.807, 2.05) is 0 Å². The molecule has 0 saturated heterocycles. The third kappa shape index (κ3) is 2.05. The van der Waals surface area contributed by atoms with Crippen molar-refractivity contribution < 1.29 is 23.4 Å². The van der Waals surface area contributed by atoms with E-state index in [0.29, 0.717) is 0 Å². The minimum absolute atomic E-state index is 0.358. The Hall–Kier alpha value is -1.27. The van der Waals surface area contributed by atoms with Gasteiger partial charge in [0.15, 0.2) is 5.60 Å². The second-order valence-corrected chi connectivity index (χ2v) is 3.11. The molecule has 0 spiro atoms. The lowest BCUT2D eigenvalue weighted by Crippen LogP contribution is -2.48. The van der Waals surface area contributed by atoms with Crippen molar-refractivity contribution in [2.75, 3.05) is 6.54 Å². The summed E-state index contributed by atoms with van der Waals surface area (Å²) in [4.78, 5) is 0. The third-order valence-electron chi connectivity index (χ3n) is 2.09. The Labute approximate surface area is 84.0 Å². The lowest BCUT2D eigenvalue weighted by atomic mass is 9.93. The summed E-state index contributed by atoms with van der Waals surface area (Å²) < 4.78 is 37.5. The molecule has 0 aliphatic heterocycles. The molecule has 1 aromatic rings. The van der Waals surface area contributed by atoms with Gasteiger partial charge in [0.2, 0.25) is 0 Å². The van der Waals surface area contributed by atoms with Crippen molar-refractivity contribution in [1.82, 2.24) is 0 Å². The van der Waals surface area contributed by atoms with Gasteiger partial charge in [0.25, 0.3) is 0 Å². The zero-order valence-electron chi connectivity index (χ0n) is 7.62. The van der Waals surface area contributed by atoms with Crippen molar-refractivity contribution >= 4 is 0 Å². The summed E-state index contributed by atoms with van der Waals surface area (Å²) in [6.07, 6.45) is -4.88. The van der Waals surface area contributed by atoms with Crippen molar-refractivity contribution in [1.29, 1.82) is 0 Å². The first kappa shape index (κ1) is 11.8. The molecule has 0 amide bonds. The number of aromatic hydroxyl groups is 1. The SMILES string of the molecule is NCC(O)(c1cccc(O)c1)C(F)(F)F. The predicted molar refractivity (Wildman–Crippen MR) is 47.1 cm³/mol. The van der Waals surface area contributed by atoms with Crippen LogP contribution in [0.3, 0.4) is 0 Å². The lowest BCUT2D eigenvalue weighted by Gasteiger charge is -2.29. The molecule has 0 fully saturated rings. The Balaban J connectivity index is 3.23. The first-order valence-electron chi connectivity index (χ1n) is 4.10. The molecule has 0 bridgehead atoms. The molecule has 1 aromatic carbocycles. The highest BCUT2D eigenvalue weighted by Crippen LogP contribution is 2.38. The van der Waals surface area contributed by atoms with E-state index in [4.69, 9.17) is 10.8 Å². The zero-order valence-corrected chi connectivity index (χ0v) is 7.62. The average molecular weight is 221 g/mol. The van der Waals surface area contributed by atoms with Crippen LogP contribution in [0.15, 0.2) is 24.3 Å². The van der Waals surface area contributed by atoms with Crippen LogP contribution in [0.25, 0.3) is 0 Å². The van der Waals surface area contributed by atoms with Gasteiger partial charge in [-0.3, -0.25) is 0 Å². The van der Waals surface area contributed by atoms with Gasteiger partial charge in [-0.2, -0.15) is 13.2 Å². The number of halogens is 3. The Bertz CT molecular complexity index is 353. The summed E-state index contributed by atoms with van der Waals surface area (Å²) in [5.74, 6) is -0.358. The van der Waals surface area contributed by atoms with E-state index in [0.717, 1.165) is 12.1 Å². The Morgan fingerprint density at radius 2 is 1.87 bits per heavy atom. The van der Waals surface area contributed by atoms with Crippen molar-refractivity contribution in [2.24, 2.45) is 5.73 Å². The molecule has 0 aromatic heterocycles. The van der Waals surface area contributed by atoms with Crippen LogP contribution in [0.1, 0.15) is 5.56 Å². The van der Waals surface area contributed by atoms with Crippen LogP contribution in [0.4, 0.5) is 13.2 Å². The molecule has 0 radical (unpaired) electrons. The molecular weight excluding hydrogens is 211 g/mol. The molecule has 6 heteroatoms. The van der Waals surface area contributed by atoms with E-state index in [1.54, 1.807) is 0 Å². The maximum absolute atomic E-state index is 12.5.